The number of para-hydroxylation sites is 1. The fourth-order valence-corrected chi connectivity index (χ4v) is 3.35. The smallest absolute Gasteiger partial charge is 0.336 e. The van der Waals surface area contributed by atoms with Gasteiger partial charge in [0.2, 0.25) is 5.91 Å². The summed E-state index contributed by atoms with van der Waals surface area (Å²) in [6.07, 6.45) is 1.91. The molecular formula is C20H18ClN3O3. The molecule has 0 bridgehead atoms. The molecule has 138 valence electrons. The fourth-order valence-electron chi connectivity index (χ4n) is 3.17. The Bertz CT molecular complexity index is 1160. The van der Waals surface area contributed by atoms with Crippen molar-refractivity contribution in [3.8, 4) is 5.69 Å². The zero-order valence-corrected chi connectivity index (χ0v) is 15.4. The molecule has 1 fully saturated rings. The predicted molar refractivity (Wildman–Crippen MR) is 105 cm³/mol. The van der Waals surface area contributed by atoms with Gasteiger partial charge in [0.05, 0.1) is 16.6 Å². The van der Waals surface area contributed by atoms with Gasteiger partial charge in [0.25, 0.3) is 5.56 Å². The molecule has 1 aromatic heterocycles. The van der Waals surface area contributed by atoms with Crippen LogP contribution in [0.4, 0.5) is 0 Å². The minimum absolute atomic E-state index is 0.181. The number of aromatic nitrogens is 2. The van der Waals surface area contributed by atoms with E-state index in [2.05, 4.69) is 5.32 Å². The largest absolute Gasteiger partial charge is 0.352 e. The van der Waals surface area contributed by atoms with Crippen molar-refractivity contribution in [3.05, 3.63) is 74.4 Å². The van der Waals surface area contributed by atoms with Gasteiger partial charge in [-0.1, -0.05) is 29.8 Å². The number of carbonyl (C=O) groups is 1. The van der Waals surface area contributed by atoms with E-state index in [4.69, 9.17) is 11.6 Å². The Kier molecular flexibility index (Phi) is 4.36. The Morgan fingerprint density at radius 3 is 2.59 bits per heavy atom. The lowest BCUT2D eigenvalue weighted by atomic mass is 10.2. The number of nitrogens with zero attached hydrogens (tertiary/aromatic N) is 2. The van der Waals surface area contributed by atoms with Crippen molar-refractivity contribution < 1.29 is 4.79 Å². The normalized spacial score (nSPS) is 14.9. The molecular weight excluding hydrogens is 366 g/mol. The summed E-state index contributed by atoms with van der Waals surface area (Å²) in [7, 11) is 0. The molecule has 1 aliphatic rings. The van der Waals surface area contributed by atoms with Gasteiger partial charge < -0.3 is 5.32 Å². The molecule has 3 aromatic rings. The molecule has 0 spiro atoms. The van der Waals surface area contributed by atoms with Crippen LogP contribution in [0, 0.1) is 0 Å². The average molecular weight is 384 g/mol. The summed E-state index contributed by atoms with van der Waals surface area (Å²) in [4.78, 5) is 38.9. The Balaban J connectivity index is 1.98. The molecule has 0 saturated heterocycles. The lowest BCUT2D eigenvalue weighted by molar-refractivity contribution is -0.124. The SMILES string of the molecule is C[C@@H](C(=O)NC1CC1)n1c(=O)n(-c2cccc(Cl)c2)c(=O)c2ccccc21. The molecule has 1 amide bonds. The van der Waals surface area contributed by atoms with Gasteiger partial charge in [0, 0.05) is 11.1 Å². The third-order valence-electron chi connectivity index (χ3n) is 4.75. The van der Waals surface area contributed by atoms with E-state index in [1.165, 1.54) is 4.57 Å². The molecule has 27 heavy (non-hydrogen) atoms. The zero-order valence-electron chi connectivity index (χ0n) is 14.7. The number of carbonyl (C=O) groups excluding carboxylic acids is 1. The summed E-state index contributed by atoms with van der Waals surface area (Å²) in [6.45, 7) is 1.67. The van der Waals surface area contributed by atoms with E-state index < -0.39 is 17.3 Å². The summed E-state index contributed by atoms with van der Waals surface area (Å²) >= 11 is 6.05. The van der Waals surface area contributed by atoms with Crippen LogP contribution >= 0.6 is 11.6 Å². The van der Waals surface area contributed by atoms with Crippen molar-refractivity contribution in [2.75, 3.05) is 0 Å². The molecule has 6 nitrogen and oxygen atoms in total. The molecule has 1 aliphatic carbocycles. The van der Waals surface area contributed by atoms with E-state index in [9.17, 15) is 14.4 Å². The van der Waals surface area contributed by atoms with Gasteiger partial charge in [0.15, 0.2) is 0 Å². The van der Waals surface area contributed by atoms with Crippen LogP contribution in [-0.2, 0) is 4.79 Å². The van der Waals surface area contributed by atoms with Gasteiger partial charge in [-0.15, -0.1) is 0 Å². The van der Waals surface area contributed by atoms with E-state index in [-0.39, 0.29) is 11.9 Å². The highest BCUT2D eigenvalue weighted by Crippen LogP contribution is 2.21. The number of hydrogen-bond acceptors (Lipinski definition) is 3. The summed E-state index contributed by atoms with van der Waals surface area (Å²) in [5.74, 6) is -0.235. The Morgan fingerprint density at radius 2 is 1.89 bits per heavy atom. The van der Waals surface area contributed by atoms with Crippen molar-refractivity contribution in [1.29, 1.82) is 0 Å². The number of nitrogens with one attached hydrogen (secondary N) is 1. The van der Waals surface area contributed by atoms with Gasteiger partial charge >= 0.3 is 5.69 Å². The van der Waals surface area contributed by atoms with Crippen LogP contribution in [0.5, 0.6) is 0 Å². The van der Waals surface area contributed by atoms with E-state index in [1.54, 1.807) is 55.5 Å². The fraction of sp³-hybridized carbons (Fsp3) is 0.250. The number of hydrogen-bond donors (Lipinski definition) is 1. The average Bonchev–Trinajstić information content (AvgIpc) is 3.46. The minimum atomic E-state index is -0.756. The second kappa shape index (κ2) is 6.70. The summed E-state index contributed by atoms with van der Waals surface area (Å²) in [5, 5.41) is 3.70. The minimum Gasteiger partial charge on any atom is -0.352 e. The van der Waals surface area contributed by atoms with Crippen LogP contribution in [0.25, 0.3) is 16.6 Å². The van der Waals surface area contributed by atoms with Crippen molar-refractivity contribution in [3.63, 3.8) is 0 Å². The van der Waals surface area contributed by atoms with Crippen LogP contribution in [0.1, 0.15) is 25.8 Å². The Hall–Kier alpha value is -2.86. The highest BCUT2D eigenvalue weighted by Gasteiger charge is 2.28. The third-order valence-corrected chi connectivity index (χ3v) is 4.99. The standard InChI is InChI=1S/C20H18ClN3O3/c1-12(18(25)22-14-9-10-14)23-17-8-3-2-7-16(17)19(26)24(20(23)27)15-6-4-5-13(21)11-15/h2-8,11-12,14H,9-10H2,1H3,(H,22,25)/t12-/m0/s1. The summed E-state index contributed by atoms with van der Waals surface area (Å²) in [5.41, 5.74) is -0.209. The van der Waals surface area contributed by atoms with Gasteiger partial charge in [0.1, 0.15) is 6.04 Å². The second-order valence-electron chi connectivity index (χ2n) is 6.75. The third kappa shape index (κ3) is 3.17. The van der Waals surface area contributed by atoms with Crippen molar-refractivity contribution in [1.82, 2.24) is 14.5 Å². The lowest BCUT2D eigenvalue weighted by Gasteiger charge is -2.19. The van der Waals surface area contributed by atoms with Crippen LogP contribution in [0.15, 0.2) is 58.1 Å². The molecule has 1 heterocycles. The molecule has 4 rings (SSSR count). The first-order valence-corrected chi connectivity index (χ1v) is 9.18. The van der Waals surface area contributed by atoms with Crippen LogP contribution in [-0.4, -0.2) is 21.1 Å². The van der Waals surface area contributed by atoms with Gasteiger partial charge in [-0.3, -0.25) is 14.2 Å². The monoisotopic (exact) mass is 383 g/mol. The summed E-state index contributed by atoms with van der Waals surface area (Å²) in [6, 6.07) is 12.8. The molecule has 1 saturated carbocycles. The number of benzene rings is 2. The molecule has 0 aliphatic heterocycles. The van der Waals surface area contributed by atoms with E-state index >= 15 is 0 Å². The second-order valence-corrected chi connectivity index (χ2v) is 7.19. The van der Waals surface area contributed by atoms with Gasteiger partial charge in [-0.05, 0) is 50.1 Å². The highest BCUT2D eigenvalue weighted by molar-refractivity contribution is 6.30. The number of halogens is 1. The highest BCUT2D eigenvalue weighted by atomic mass is 35.5. The molecule has 1 atom stereocenters. The lowest BCUT2D eigenvalue weighted by Crippen LogP contribution is -2.44. The first-order valence-electron chi connectivity index (χ1n) is 8.80. The maximum absolute atomic E-state index is 13.3. The molecule has 1 N–H and O–H groups in total. The quantitative estimate of drug-likeness (QED) is 0.752. The van der Waals surface area contributed by atoms with E-state index in [0.29, 0.717) is 21.6 Å². The van der Waals surface area contributed by atoms with Crippen LogP contribution in [0.2, 0.25) is 5.02 Å². The predicted octanol–water partition coefficient (Wildman–Crippen LogP) is 2.65. The Labute approximate surface area is 160 Å². The van der Waals surface area contributed by atoms with Crippen LogP contribution < -0.4 is 16.6 Å². The van der Waals surface area contributed by atoms with E-state index in [1.807, 2.05) is 0 Å². The maximum Gasteiger partial charge on any atom is 0.336 e. The molecule has 7 heteroatoms. The Morgan fingerprint density at radius 1 is 1.15 bits per heavy atom. The van der Waals surface area contributed by atoms with Gasteiger partial charge in [-0.2, -0.15) is 0 Å². The topological polar surface area (TPSA) is 73.1 Å². The van der Waals surface area contributed by atoms with Crippen molar-refractivity contribution >= 4 is 28.4 Å². The number of rotatable bonds is 4. The zero-order chi connectivity index (χ0) is 19.1. The van der Waals surface area contributed by atoms with E-state index in [0.717, 1.165) is 17.4 Å². The van der Waals surface area contributed by atoms with Crippen molar-refractivity contribution in [2.24, 2.45) is 0 Å². The summed E-state index contributed by atoms with van der Waals surface area (Å²) < 4.78 is 2.43. The number of fused-ring (bicyclic) bond motifs is 1. The molecule has 0 radical (unpaired) electrons. The first kappa shape index (κ1) is 17.5. The maximum atomic E-state index is 13.3. The molecule has 0 unspecified atom stereocenters. The number of amides is 1. The first-order chi connectivity index (χ1) is 13.0. The molecule has 2 aromatic carbocycles. The van der Waals surface area contributed by atoms with Crippen molar-refractivity contribution in [2.45, 2.75) is 31.8 Å². The van der Waals surface area contributed by atoms with Gasteiger partial charge in [-0.25, -0.2) is 9.36 Å². The van der Waals surface area contributed by atoms with Crippen LogP contribution in [0.3, 0.4) is 0 Å².